The van der Waals surface area contributed by atoms with Crippen LogP contribution in [0, 0.1) is 5.92 Å². The first-order valence-electron chi connectivity index (χ1n) is 10.8. The number of phenols is 1. The van der Waals surface area contributed by atoms with Crippen molar-refractivity contribution in [3.63, 3.8) is 0 Å². The van der Waals surface area contributed by atoms with Crippen molar-refractivity contribution in [1.82, 2.24) is 16.0 Å². The van der Waals surface area contributed by atoms with Gasteiger partial charge in [0, 0.05) is 6.42 Å². The lowest BCUT2D eigenvalue weighted by atomic mass is 10.0. The number of phenolic OH excluding ortho intramolecular Hbond substituents is 1. The molecule has 0 aromatic heterocycles. The number of rotatable bonds is 13. The summed E-state index contributed by atoms with van der Waals surface area (Å²) < 4.78 is 0. The Hall–Kier alpha value is -3.22. The van der Waals surface area contributed by atoms with Crippen molar-refractivity contribution < 1.29 is 39.6 Å². The first-order valence-corrected chi connectivity index (χ1v) is 10.8. The van der Waals surface area contributed by atoms with Gasteiger partial charge in [0.2, 0.25) is 17.7 Å². The quantitative estimate of drug-likeness (QED) is 0.159. The van der Waals surface area contributed by atoms with Gasteiger partial charge in [-0.3, -0.25) is 14.4 Å². The second kappa shape index (κ2) is 13.5. The Balaban J connectivity index is 3.08. The lowest BCUT2D eigenvalue weighted by Crippen LogP contribution is -2.60. The van der Waals surface area contributed by atoms with Crippen LogP contribution in [0.1, 0.15) is 32.8 Å². The van der Waals surface area contributed by atoms with Crippen LogP contribution in [-0.2, 0) is 25.6 Å². The molecule has 0 aliphatic carbocycles. The molecule has 12 nitrogen and oxygen atoms in total. The molecule has 0 aliphatic rings. The number of aromatic hydroxyl groups is 1. The van der Waals surface area contributed by atoms with Crippen molar-refractivity contribution in [2.75, 3.05) is 6.61 Å². The van der Waals surface area contributed by atoms with E-state index in [1.807, 2.05) is 19.2 Å². The molecule has 9 N–H and O–H groups in total. The third-order valence-corrected chi connectivity index (χ3v) is 4.93. The standard InChI is InChI=1S/C22H34N4O8/c1-11(2)8-15(23)19(30)24-16(9-13-4-6-14(29)7-5-13)20(31)26-18(12(3)28)21(32)25-17(10-27)22(33)34/h4-7,11-12,15-18,27-29H,8-10,23H2,1-3H3,(H,24,30)(H,25,32)(H,26,31)(H,33,34). The number of nitrogens with one attached hydrogen (secondary N) is 3. The number of benzene rings is 1. The number of carbonyl (C=O) groups excluding carboxylic acids is 3. The normalized spacial score (nSPS) is 15.5. The molecule has 0 spiro atoms. The van der Waals surface area contributed by atoms with Crippen molar-refractivity contribution >= 4 is 23.7 Å². The molecule has 0 radical (unpaired) electrons. The number of carbonyl (C=O) groups is 4. The molecule has 0 aliphatic heterocycles. The van der Waals surface area contributed by atoms with E-state index in [1.54, 1.807) is 12.1 Å². The molecule has 5 atom stereocenters. The maximum atomic E-state index is 13.0. The molecule has 0 heterocycles. The third kappa shape index (κ3) is 9.33. The Morgan fingerprint density at radius 2 is 1.47 bits per heavy atom. The summed E-state index contributed by atoms with van der Waals surface area (Å²) in [6.07, 6.45) is -1.07. The van der Waals surface area contributed by atoms with Crippen LogP contribution in [0.3, 0.4) is 0 Å². The molecule has 0 saturated heterocycles. The summed E-state index contributed by atoms with van der Waals surface area (Å²) in [5, 5.41) is 44.5. The third-order valence-electron chi connectivity index (χ3n) is 4.93. The van der Waals surface area contributed by atoms with Gasteiger partial charge in [-0.2, -0.15) is 0 Å². The molecule has 190 valence electrons. The lowest BCUT2D eigenvalue weighted by molar-refractivity contribution is -0.144. The van der Waals surface area contributed by atoms with Crippen LogP contribution < -0.4 is 21.7 Å². The molecule has 0 saturated carbocycles. The summed E-state index contributed by atoms with van der Waals surface area (Å²) in [6, 6.07) is 0.634. The molecule has 3 amide bonds. The van der Waals surface area contributed by atoms with Crippen LogP contribution in [0.2, 0.25) is 0 Å². The van der Waals surface area contributed by atoms with Crippen molar-refractivity contribution in [1.29, 1.82) is 0 Å². The van der Waals surface area contributed by atoms with E-state index in [2.05, 4.69) is 10.6 Å². The number of amides is 3. The first-order chi connectivity index (χ1) is 15.8. The second-order valence-corrected chi connectivity index (χ2v) is 8.48. The SMILES string of the molecule is CC(C)CC(N)C(=O)NC(Cc1ccc(O)cc1)C(=O)NC(C(=O)NC(CO)C(=O)O)C(C)O. The van der Waals surface area contributed by atoms with Gasteiger partial charge in [0.05, 0.1) is 18.8 Å². The van der Waals surface area contributed by atoms with Crippen LogP contribution in [0.5, 0.6) is 5.75 Å². The summed E-state index contributed by atoms with van der Waals surface area (Å²) in [5.41, 5.74) is 6.50. The molecule has 0 bridgehead atoms. The number of nitrogens with two attached hydrogens (primary N) is 1. The van der Waals surface area contributed by atoms with E-state index in [0.29, 0.717) is 12.0 Å². The highest BCUT2D eigenvalue weighted by molar-refractivity contribution is 5.94. The zero-order chi connectivity index (χ0) is 26.0. The number of carboxylic acids is 1. The molecule has 12 heteroatoms. The van der Waals surface area contributed by atoms with E-state index in [4.69, 9.17) is 15.9 Å². The molecule has 0 fully saturated rings. The van der Waals surface area contributed by atoms with Gasteiger partial charge < -0.3 is 42.1 Å². The average molecular weight is 483 g/mol. The summed E-state index contributed by atoms with van der Waals surface area (Å²) in [7, 11) is 0. The molecule has 1 aromatic rings. The van der Waals surface area contributed by atoms with Gasteiger partial charge in [0.1, 0.15) is 23.9 Å². The zero-order valence-corrected chi connectivity index (χ0v) is 19.4. The Bertz CT molecular complexity index is 844. The second-order valence-electron chi connectivity index (χ2n) is 8.48. The minimum Gasteiger partial charge on any atom is -0.508 e. The van der Waals surface area contributed by atoms with Crippen LogP contribution in [0.15, 0.2) is 24.3 Å². The maximum Gasteiger partial charge on any atom is 0.328 e. The van der Waals surface area contributed by atoms with Crippen molar-refractivity contribution in [2.24, 2.45) is 11.7 Å². The van der Waals surface area contributed by atoms with Gasteiger partial charge >= 0.3 is 5.97 Å². The van der Waals surface area contributed by atoms with E-state index < -0.39 is 60.6 Å². The Morgan fingerprint density at radius 1 is 0.912 bits per heavy atom. The van der Waals surface area contributed by atoms with Crippen molar-refractivity contribution in [3.05, 3.63) is 29.8 Å². The summed E-state index contributed by atoms with van der Waals surface area (Å²) in [6.45, 7) is 4.09. The maximum absolute atomic E-state index is 13.0. The number of aliphatic carboxylic acids is 1. The minimum absolute atomic E-state index is 0.00968. The first kappa shape index (κ1) is 28.8. The fourth-order valence-electron chi connectivity index (χ4n) is 3.08. The smallest absolute Gasteiger partial charge is 0.328 e. The molecular weight excluding hydrogens is 448 g/mol. The molecule has 1 aromatic carbocycles. The van der Waals surface area contributed by atoms with Gasteiger partial charge in [0.15, 0.2) is 0 Å². The number of carboxylic acid groups (broad SMARTS) is 1. The topological polar surface area (TPSA) is 211 Å². The van der Waals surface area contributed by atoms with E-state index in [9.17, 15) is 29.4 Å². The van der Waals surface area contributed by atoms with Crippen LogP contribution in [-0.4, -0.2) is 81.0 Å². The van der Waals surface area contributed by atoms with Gasteiger partial charge in [-0.15, -0.1) is 0 Å². The van der Waals surface area contributed by atoms with Gasteiger partial charge in [0.25, 0.3) is 0 Å². The Morgan fingerprint density at radius 3 is 1.94 bits per heavy atom. The number of hydrogen-bond donors (Lipinski definition) is 8. The Kier molecular flexibility index (Phi) is 11.4. The fourth-order valence-corrected chi connectivity index (χ4v) is 3.08. The predicted molar refractivity (Wildman–Crippen MR) is 121 cm³/mol. The lowest BCUT2D eigenvalue weighted by Gasteiger charge is -2.26. The number of hydrogen-bond acceptors (Lipinski definition) is 8. The Labute approximate surface area is 197 Å². The molecule has 5 unspecified atom stereocenters. The predicted octanol–water partition coefficient (Wildman–Crippen LogP) is -1.78. The zero-order valence-electron chi connectivity index (χ0n) is 19.4. The van der Waals surface area contributed by atoms with E-state index in [1.165, 1.54) is 19.1 Å². The largest absolute Gasteiger partial charge is 0.508 e. The highest BCUT2D eigenvalue weighted by Gasteiger charge is 2.32. The van der Waals surface area contributed by atoms with E-state index in [0.717, 1.165) is 0 Å². The van der Waals surface area contributed by atoms with Gasteiger partial charge in [-0.1, -0.05) is 26.0 Å². The molecular formula is C22H34N4O8. The van der Waals surface area contributed by atoms with Gasteiger partial charge in [-0.05, 0) is 37.0 Å². The summed E-state index contributed by atoms with van der Waals surface area (Å²) in [4.78, 5) is 49.1. The van der Waals surface area contributed by atoms with Crippen LogP contribution in [0.25, 0.3) is 0 Å². The van der Waals surface area contributed by atoms with Crippen LogP contribution in [0.4, 0.5) is 0 Å². The van der Waals surface area contributed by atoms with Crippen molar-refractivity contribution in [3.8, 4) is 5.75 Å². The van der Waals surface area contributed by atoms with E-state index in [-0.39, 0.29) is 18.1 Å². The highest BCUT2D eigenvalue weighted by atomic mass is 16.4. The highest BCUT2D eigenvalue weighted by Crippen LogP contribution is 2.12. The monoisotopic (exact) mass is 482 g/mol. The molecule has 34 heavy (non-hydrogen) atoms. The fraction of sp³-hybridized carbons (Fsp3) is 0.545. The summed E-state index contributed by atoms with van der Waals surface area (Å²) >= 11 is 0. The summed E-state index contributed by atoms with van der Waals surface area (Å²) in [5.74, 6) is -3.80. The number of aliphatic hydroxyl groups excluding tert-OH is 2. The number of aliphatic hydroxyl groups is 2. The van der Waals surface area contributed by atoms with E-state index >= 15 is 0 Å². The van der Waals surface area contributed by atoms with Crippen molar-refractivity contribution in [2.45, 2.75) is 63.9 Å². The van der Waals surface area contributed by atoms with Gasteiger partial charge in [-0.25, -0.2) is 4.79 Å². The minimum atomic E-state index is -1.63. The average Bonchev–Trinajstić information content (AvgIpc) is 2.75. The van der Waals surface area contributed by atoms with Crippen LogP contribution >= 0.6 is 0 Å². The molecule has 1 rings (SSSR count).